The molecule has 0 amide bonds. The molecule has 0 saturated heterocycles. The number of rotatable bonds is 2. The fourth-order valence-electron chi connectivity index (χ4n) is 1.46. The van der Waals surface area contributed by atoms with Crippen molar-refractivity contribution in [2.24, 2.45) is 0 Å². The molecule has 1 atom stereocenters. The first-order chi connectivity index (χ1) is 6.27. The quantitative estimate of drug-likeness (QED) is 0.739. The van der Waals surface area contributed by atoms with Gasteiger partial charge in [0.05, 0.1) is 19.1 Å². The minimum Gasteiger partial charge on any atom is -0.481 e. The van der Waals surface area contributed by atoms with Gasteiger partial charge in [-0.1, -0.05) is 0 Å². The summed E-state index contributed by atoms with van der Waals surface area (Å²) < 4.78 is 5.31. The maximum atomic E-state index is 10.5. The Bertz CT molecular complexity index is 337. The molecule has 1 aromatic rings. The van der Waals surface area contributed by atoms with Crippen LogP contribution < -0.4 is 0 Å². The number of nitrogens with zero attached hydrogens (tertiary/aromatic N) is 1. The van der Waals surface area contributed by atoms with E-state index in [1.807, 2.05) is 6.07 Å². The standard InChI is InChI=1S/C9H9NO3/c11-9(12)3-8-7-4-10-2-1-6(7)5-13-8/h1-2,4,8H,3,5H2,(H,11,12). The molecule has 1 aromatic heterocycles. The summed E-state index contributed by atoms with van der Waals surface area (Å²) >= 11 is 0. The highest BCUT2D eigenvalue weighted by Gasteiger charge is 2.25. The lowest BCUT2D eigenvalue weighted by molar-refractivity contribution is -0.140. The number of aliphatic carboxylic acids is 1. The molecule has 0 aromatic carbocycles. The summed E-state index contributed by atoms with van der Waals surface area (Å²) in [7, 11) is 0. The third-order valence-electron chi connectivity index (χ3n) is 2.09. The second-order valence-corrected chi connectivity index (χ2v) is 2.97. The number of pyridine rings is 1. The smallest absolute Gasteiger partial charge is 0.306 e. The molecule has 1 unspecified atom stereocenters. The van der Waals surface area contributed by atoms with E-state index < -0.39 is 5.97 Å². The molecule has 0 aliphatic carbocycles. The lowest BCUT2D eigenvalue weighted by atomic mass is 10.1. The average Bonchev–Trinajstić information content (AvgIpc) is 2.48. The molecule has 0 radical (unpaired) electrons. The molecule has 0 saturated carbocycles. The first kappa shape index (κ1) is 8.19. The van der Waals surface area contributed by atoms with Gasteiger partial charge in [-0.05, 0) is 11.6 Å². The van der Waals surface area contributed by atoms with E-state index in [0.717, 1.165) is 11.1 Å². The Hall–Kier alpha value is -1.42. The van der Waals surface area contributed by atoms with Crippen molar-refractivity contribution in [1.29, 1.82) is 0 Å². The fourth-order valence-corrected chi connectivity index (χ4v) is 1.46. The maximum Gasteiger partial charge on any atom is 0.306 e. The Morgan fingerprint density at radius 1 is 1.77 bits per heavy atom. The molecule has 1 N–H and O–H groups in total. The van der Waals surface area contributed by atoms with E-state index >= 15 is 0 Å². The molecule has 4 nitrogen and oxygen atoms in total. The highest BCUT2D eigenvalue weighted by atomic mass is 16.5. The van der Waals surface area contributed by atoms with Gasteiger partial charge in [0.25, 0.3) is 0 Å². The monoisotopic (exact) mass is 179 g/mol. The normalized spacial score (nSPS) is 19.8. The number of hydrogen-bond donors (Lipinski definition) is 1. The summed E-state index contributed by atoms with van der Waals surface area (Å²) in [6.07, 6.45) is 3.06. The zero-order chi connectivity index (χ0) is 9.26. The van der Waals surface area contributed by atoms with Crippen molar-refractivity contribution in [3.8, 4) is 0 Å². The van der Waals surface area contributed by atoms with E-state index in [9.17, 15) is 4.79 Å². The van der Waals surface area contributed by atoms with Crippen molar-refractivity contribution in [1.82, 2.24) is 4.98 Å². The molecule has 13 heavy (non-hydrogen) atoms. The maximum absolute atomic E-state index is 10.5. The Morgan fingerprint density at radius 3 is 3.38 bits per heavy atom. The van der Waals surface area contributed by atoms with Gasteiger partial charge >= 0.3 is 5.97 Å². The van der Waals surface area contributed by atoms with Crippen molar-refractivity contribution in [3.05, 3.63) is 29.6 Å². The molecular weight excluding hydrogens is 170 g/mol. The van der Waals surface area contributed by atoms with Crippen LogP contribution in [-0.2, 0) is 16.1 Å². The summed E-state index contributed by atoms with van der Waals surface area (Å²) in [6, 6.07) is 1.86. The topological polar surface area (TPSA) is 59.4 Å². The van der Waals surface area contributed by atoms with Crippen LogP contribution in [-0.4, -0.2) is 16.1 Å². The number of aromatic nitrogens is 1. The Labute approximate surface area is 75.2 Å². The van der Waals surface area contributed by atoms with Gasteiger partial charge < -0.3 is 9.84 Å². The number of hydrogen-bond acceptors (Lipinski definition) is 3. The fraction of sp³-hybridized carbons (Fsp3) is 0.333. The highest BCUT2D eigenvalue weighted by molar-refractivity contribution is 5.68. The van der Waals surface area contributed by atoms with Crippen LogP contribution in [0.3, 0.4) is 0 Å². The number of carboxylic acid groups (broad SMARTS) is 1. The molecule has 0 bridgehead atoms. The van der Waals surface area contributed by atoms with Crippen molar-refractivity contribution in [2.75, 3.05) is 0 Å². The predicted molar refractivity (Wildman–Crippen MR) is 44.0 cm³/mol. The molecule has 2 heterocycles. The number of fused-ring (bicyclic) bond motifs is 1. The van der Waals surface area contributed by atoms with Crippen LogP contribution in [0.25, 0.3) is 0 Å². The summed E-state index contributed by atoms with van der Waals surface area (Å²) in [6.45, 7) is 0.496. The van der Waals surface area contributed by atoms with E-state index in [1.54, 1.807) is 12.4 Å². The van der Waals surface area contributed by atoms with E-state index in [-0.39, 0.29) is 12.5 Å². The first-order valence-electron chi connectivity index (χ1n) is 4.03. The molecule has 2 rings (SSSR count). The van der Waals surface area contributed by atoms with Gasteiger partial charge in [0.2, 0.25) is 0 Å². The second kappa shape index (κ2) is 3.14. The molecule has 4 heteroatoms. The van der Waals surface area contributed by atoms with Crippen molar-refractivity contribution < 1.29 is 14.6 Å². The zero-order valence-corrected chi connectivity index (χ0v) is 6.93. The van der Waals surface area contributed by atoms with Crippen LogP contribution in [0.5, 0.6) is 0 Å². The number of ether oxygens (including phenoxy) is 1. The van der Waals surface area contributed by atoms with Crippen molar-refractivity contribution in [2.45, 2.75) is 19.1 Å². The van der Waals surface area contributed by atoms with Gasteiger partial charge in [-0.3, -0.25) is 9.78 Å². The predicted octanol–water partition coefficient (Wildman–Crippen LogP) is 1.13. The molecule has 1 aliphatic heterocycles. The zero-order valence-electron chi connectivity index (χ0n) is 6.93. The third kappa shape index (κ3) is 1.53. The minimum absolute atomic E-state index is 0.0126. The Morgan fingerprint density at radius 2 is 2.62 bits per heavy atom. The lowest BCUT2D eigenvalue weighted by Gasteiger charge is -2.06. The average molecular weight is 179 g/mol. The highest BCUT2D eigenvalue weighted by Crippen LogP contribution is 2.31. The number of carbonyl (C=O) groups is 1. The van der Waals surface area contributed by atoms with Gasteiger partial charge in [0.15, 0.2) is 0 Å². The first-order valence-corrected chi connectivity index (χ1v) is 4.03. The van der Waals surface area contributed by atoms with Crippen LogP contribution >= 0.6 is 0 Å². The molecule has 0 spiro atoms. The van der Waals surface area contributed by atoms with Crippen LogP contribution in [0, 0.1) is 0 Å². The largest absolute Gasteiger partial charge is 0.481 e. The molecule has 1 aliphatic rings. The van der Waals surface area contributed by atoms with Crippen LogP contribution in [0.2, 0.25) is 0 Å². The Kier molecular flexibility index (Phi) is 1.98. The van der Waals surface area contributed by atoms with Gasteiger partial charge in [0.1, 0.15) is 0 Å². The van der Waals surface area contributed by atoms with Crippen molar-refractivity contribution >= 4 is 5.97 Å². The van der Waals surface area contributed by atoms with E-state index in [2.05, 4.69) is 4.98 Å². The van der Waals surface area contributed by atoms with Crippen LogP contribution in [0.15, 0.2) is 18.5 Å². The molecule has 68 valence electrons. The SMILES string of the molecule is O=C(O)CC1OCc2ccncc21. The summed E-state index contributed by atoms with van der Waals surface area (Å²) in [5, 5.41) is 8.60. The van der Waals surface area contributed by atoms with Crippen LogP contribution in [0.1, 0.15) is 23.7 Å². The van der Waals surface area contributed by atoms with Gasteiger partial charge in [-0.25, -0.2) is 0 Å². The lowest BCUT2D eigenvalue weighted by Crippen LogP contribution is -2.04. The Balaban J connectivity index is 2.23. The second-order valence-electron chi connectivity index (χ2n) is 2.97. The van der Waals surface area contributed by atoms with E-state index in [1.165, 1.54) is 0 Å². The minimum atomic E-state index is -0.846. The van der Waals surface area contributed by atoms with Crippen molar-refractivity contribution in [3.63, 3.8) is 0 Å². The third-order valence-corrected chi connectivity index (χ3v) is 2.09. The summed E-state index contributed by atoms with van der Waals surface area (Å²) in [5.74, 6) is -0.846. The van der Waals surface area contributed by atoms with Gasteiger partial charge in [0, 0.05) is 18.0 Å². The molecular formula is C9H9NO3. The summed E-state index contributed by atoms with van der Waals surface area (Å²) in [4.78, 5) is 14.4. The molecule has 0 fully saturated rings. The summed E-state index contributed by atoms with van der Waals surface area (Å²) in [5.41, 5.74) is 1.95. The van der Waals surface area contributed by atoms with Crippen LogP contribution in [0.4, 0.5) is 0 Å². The number of carboxylic acids is 1. The van der Waals surface area contributed by atoms with Gasteiger partial charge in [-0.15, -0.1) is 0 Å². The van der Waals surface area contributed by atoms with E-state index in [0.29, 0.717) is 6.61 Å². The van der Waals surface area contributed by atoms with E-state index in [4.69, 9.17) is 9.84 Å². The van der Waals surface area contributed by atoms with Gasteiger partial charge in [-0.2, -0.15) is 0 Å².